The van der Waals surface area contributed by atoms with Crippen molar-refractivity contribution in [2.75, 3.05) is 0 Å². The average Bonchev–Trinajstić information content (AvgIpc) is 3.91. The normalized spacial score (nSPS) is 15.8. The summed E-state index contributed by atoms with van der Waals surface area (Å²) >= 11 is -1.61. The molecular formula is C45H48Cl2N4Ru-2. The molecule has 0 aromatic heterocycles. The standard InChI is InChI=1S/2C19H21N2.C7H6.2ClH.Ru/c2*1-16(18-9-5-3-6-10-18)20-13-14-21(15-20)17(2)19-11-7-4-8-12-19;1-7-5-3-2-4-6-7;;;/h2*3-17H,1-2H3;1-6H;2*1H;/q2*-1;;;;+2/p-2. The Morgan fingerprint density at radius 1 is 0.404 bits per heavy atom. The summed E-state index contributed by atoms with van der Waals surface area (Å²) in [5.74, 6) is 0. The van der Waals surface area contributed by atoms with E-state index in [1.165, 1.54) is 22.3 Å². The number of hydrogen-bond acceptors (Lipinski definition) is 4. The van der Waals surface area contributed by atoms with Gasteiger partial charge in [0.05, 0.1) is 0 Å². The van der Waals surface area contributed by atoms with Crippen LogP contribution >= 0.6 is 19.4 Å². The summed E-state index contributed by atoms with van der Waals surface area (Å²) in [6.07, 6.45) is 8.60. The van der Waals surface area contributed by atoms with Crippen LogP contribution in [0.15, 0.2) is 176 Å². The van der Waals surface area contributed by atoms with E-state index in [2.05, 4.69) is 207 Å². The molecule has 0 N–H and O–H groups in total. The molecule has 7 heteroatoms. The van der Waals surface area contributed by atoms with Gasteiger partial charge in [-0.15, -0.1) is 0 Å². The van der Waals surface area contributed by atoms with Gasteiger partial charge in [0, 0.05) is 24.2 Å². The third kappa shape index (κ3) is 11.4. The predicted molar refractivity (Wildman–Crippen MR) is 217 cm³/mol. The summed E-state index contributed by atoms with van der Waals surface area (Å²) in [7, 11) is 11.3. The zero-order chi connectivity index (χ0) is 36.7. The van der Waals surface area contributed by atoms with Gasteiger partial charge in [-0.25, -0.2) is 0 Å². The third-order valence-corrected chi connectivity index (χ3v) is 11.1. The Morgan fingerprint density at radius 2 is 0.635 bits per heavy atom. The van der Waals surface area contributed by atoms with Crippen LogP contribution in [0.4, 0.5) is 0 Å². The Labute approximate surface area is 324 Å². The van der Waals surface area contributed by atoms with Gasteiger partial charge in [0.25, 0.3) is 0 Å². The molecule has 4 atom stereocenters. The maximum absolute atomic E-state index is 5.67. The second-order valence-electron chi connectivity index (χ2n) is 12.7. The number of halogens is 2. The minimum atomic E-state index is -1.61. The van der Waals surface area contributed by atoms with Crippen molar-refractivity contribution in [3.05, 3.63) is 218 Å². The predicted octanol–water partition coefficient (Wildman–Crippen LogP) is 12.2. The second-order valence-corrected chi connectivity index (χ2v) is 18.4. The summed E-state index contributed by atoms with van der Waals surface area (Å²) in [6.45, 7) is 13.3. The molecule has 0 radical (unpaired) electrons. The first-order valence-electron chi connectivity index (χ1n) is 17.5. The van der Waals surface area contributed by atoms with Crippen molar-refractivity contribution in [1.29, 1.82) is 0 Å². The fraction of sp³-hybridized carbons (Fsp3) is 0.178. The van der Waals surface area contributed by atoms with Crippen LogP contribution in [-0.2, 0) is 13.5 Å². The van der Waals surface area contributed by atoms with Crippen molar-refractivity contribution >= 4 is 24.0 Å². The van der Waals surface area contributed by atoms with Crippen LogP contribution in [0.2, 0.25) is 0 Å². The fourth-order valence-corrected chi connectivity index (χ4v) is 7.74. The van der Waals surface area contributed by atoms with Gasteiger partial charge >= 0.3 is 73.4 Å². The first-order valence-corrected chi connectivity index (χ1v) is 23.0. The van der Waals surface area contributed by atoms with E-state index in [0.717, 1.165) is 5.56 Å². The molecule has 0 bridgehead atoms. The first-order chi connectivity index (χ1) is 25.3. The van der Waals surface area contributed by atoms with E-state index < -0.39 is 13.5 Å². The Bertz CT molecular complexity index is 1620. The van der Waals surface area contributed by atoms with Gasteiger partial charge in [0.2, 0.25) is 0 Å². The van der Waals surface area contributed by atoms with Gasteiger partial charge in [-0.2, -0.15) is 13.3 Å². The molecular weight excluding hydrogens is 768 g/mol. The topological polar surface area (TPSA) is 13.0 Å². The van der Waals surface area contributed by atoms with E-state index in [1.807, 2.05) is 34.9 Å². The van der Waals surface area contributed by atoms with Crippen LogP contribution in [0, 0.1) is 13.3 Å². The molecule has 0 amide bonds. The molecule has 0 aliphatic carbocycles. The molecule has 2 aliphatic heterocycles. The van der Waals surface area contributed by atoms with E-state index in [4.69, 9.17) is 19.4 Å². The quantitative estimate of drug-likeness (QED) is 0.109. The van der Waals surface area contributed by atoms with Gasteiger partial charge in [-0.1, -0.05) is 121 Å². The van der Waals surface area contributed by atoms with Crippen molar-refractivity contribution in [2.45, 2.75) is 51.9 Å². The van der Waals surface area contributed by atoms with Crippen molar-refractivity contribution < 1.29 is 13.5 Å². The van der Waals surface area contributed by atoms with Crippen molar-refractivity contribution in [2.24, 2.45) is 0 Å². The molecule has 5 aromatic rings. The first kappa shape index (κ1) is 39.1. The van der Waals surface area contributed by atoms with E-state index >= 15 is 0 Å². The molecule has 52 heavy (non-hydrogen) atoms. The Morgan fingerprint density at radius 3 is 0.865 bits per heavy atom. The molecule has 0 fully saturated rings. The van der Waals surface area contributed by atoms with Crippen LogP contribution in [0.1, 0.15) is 79.7 Å². The molecule has 0 saturated carbocycles. The Hall–Kier alpha value is -4.15. The molecule has 2 heterocycles. The zero-order valence-electron chi connectivity index (χ0n) is 30.2. The molecule has 4 nitrogen and oxygen atoms in total. The molecule has 2 aliphatic rings. The van der Waals surface area contributed by atoms with Crippen molar-refractivity contribution in [3.63, 3.8) is 0 Å². The van der Waals surface area contributed by atoms with Crippen LogP contribution in [0.3, 0.4) is 0 Å². The zero-order valence-corrected chi connectivity index (χ0v) is 33.4. The molecule has 4 unspecified atom stereocenters. The number of benzene rings is 5. The number of nitrogens with zero attached hydrogens (tertiary/aromatic N) is 4. The molecule has 272 valence electrons. The number of rotatable bonds is 9. The van der Waals surface area contributed by atoms with Gasteiger partial charge < -0.3 is 19.6 Å². The summed E-state index contributed by atoms with van der Waals surface area (Å²) < 4.78 is 1.92. The van der Waals surface area contributed by atoms with Crippen molar-refractivity contribution in [1.82, 2.24) is 19.6 Å². The fourth-order valence-electron chi connectivity index (χ4n) is 5.91. The Balaban J connectivity index is 0.000000161. The van der Waals surface area contributed by atoms with Crippen molar-refractivity contribution in [3.8, 4) is 0 Å². The van der Waals surface area contributed by atoms with Gasteiger partial charge in [-0.05, 0) is 74.7 Å². The number of hydrogen-bond donors (Lipinski definition) is 0. The molecule has 0 spiro atoms. The summed E-state index contributed by atoms with van der Waals surface area (Å²) in [5.41, 5.74) is 6.42. The minimum absolute atomic E-state index is 0.343. The van der Waals surface area contributed by atoms with E-state index in [-0.39, 0.29) is 0 Å². The average molecular weight is 817 g/mol. The maximum atomic E-state index is 5.67. The van der Waals surface area contributed by atoms with Gasteiger partial charge in [-0.3, -0.25) is 0 Å². The molecule has 5 aromatic carbocycles. The van der Waals surface area contributed by atoms with Gasteiger partial charge in [0.15, 0.2) is 0 Å². The third-order valence-electron chi connectivity index (χ3n) is 9.27. The van der Waals surface area contributed by atoms with E-state index in [9.17, 15) is 0 Å². The van der Waals surface area contributed by atoms with Crippen LogP contribution in [-0.4, -0.2) is 24.2 Å². The van der Waals surface area contributed by atoms with E-state index in [0.29, 0.717) is 24.2 Å². The van der Waals surface area contributed by atoms with Crippen LogP contribution in [0.5, 0.6) is 0 Å². The SMILES string of the molecule is CC(c1ccccc1)N1C=CN(C(C)c2ccccc2)[CH-]1.CC(c1ccccc1)N1C=CN(C(C)c2ccccc2)[CH-]1.[Cl][Ru]([Cl])=[CH]c1ccccc1. The molecule has 0 saturated heterocycles. The monoisotopic (exact) mass is 816 g/mol. The summed E-state index contributed by atoms with van der Waals surface area (Å²) in [6, 6.07) is 53.7. The summed E-state index contributed by atoms with van der Waals surface area (Å²) in [5, 5.41) is 0. The van der Waals surface area contributed by atoms with Crippen LogP contribution in [0.25, 0.3) is 0 Å². The molecule has 7 rings (SSSR count). The summed E-state index contributed by atoms with van der Waals surface area (Å²) in [4.78, 5) is 9.03. The van der Waals surface area contributed by atoms with E-state index in [1.54, 1.807) is 0 Å². The van der Waals surface area contributed by atoms with Crippen LogP contribution < -0.4 is 0 Å². The Kier molecular flexibility index (Phi) is 15.2. The second kappa shape index (κ2) is 20.2. The van der Waals surface area contributed by atoms with Gasteiger partial charge in [0.1, 0.15) is 0 Å².